The molecule has 1 aliphatic carbocycles. The van der Waals surface area contributed by atoms with Gasteiger partial charge in [-0.25, -0.2) is 13.6 Å². The number of aromatic carboxylic acids is 1. The van der Waals surface area contributed by atoms with Gasteiger partial charge in [-0.2, -0.15) is 0 Å². The maximum Gasteiger partial charge on any atom is 0.341 e. The monoisotopic (exact) mass is 468 g/mol. The van der Waals surface area contributed by atoms with E-state index in [0.717, 1.165) is 22.9 Å². The molecule has 0 saturated heterocycles. The van der Waals surface area contributed by atoms with Crippen molar-refractivity contribution in [3.05, 3.63) is 68.5 Å². The smallest absolute Gasteiger partial charge is 0.341 e. The minimum atomic E-state index is -1.48. The van der Waals surface area contributed by atoms with E-state index >= 15 is 8.78 Å². The van der Waals surface area contributed by atoms with Crippen LogP contribution in [0.5, 0.6) is 0 Å². The van der Waals surface area contributed by atoms with E-state index in [1.165, 1.54) is 16.4 Å². The standard InChI is InChI=1S/C24H22F2N4O4/c1-11(31)28-7-12-2-3-13-8-29(9-14(13)6-12)22-18(25)20(27)17-21(19(22)26)30(15-4-5-15)10-16(23(17)32)24(33)34/h2-3,6,10,15H,4-5,7-9,27H2,1H3,(H,28,31)(H,33,34). The lowest BCUT2D eigenvalue weighted by molar-refractivity contribution is -0.119. The number of carbonyl (C=O) groups is 2. The lowest BCUT2D eigenvalue weighted by Crippen LogP contribution is -2.24. The number of hydrogen-bond donors (Lipinski definition) is 3. The van der Waals surface area contributed by atoms with Crippen molar-refractivity contribution >= 4 is 34.2 Å². The van der Waals surface area contributed by atoms with Crippen molar-refractivity contribution in [2.45, 2.75) is 45.4 Å². The summed E-state index contributed by atoms with van der Waals surface area (Å²) in [7, 11) is 0. The number of halogens is 2. The molecular formula is C24H22F2N4O4. The predicted octanol–water partition coefficient (Wildman–Crippen LogP) is 3.05. The summed E-state index contributed by atoms with van der Waals surface area (Å²) in [4.78, 5) is 37.1. The molecule has 5 rings (SSSR count). The van der Waals surface area contributed by atoms with E-state index in [1.54, 1.807) is 0 Å². The number of carboxylic acid groups (broad SMARTS) is 1. The second-order valence-electron chi connectivity index (χ2n) is 8.80. The highest BCUT2D eigenvalue weighted by Gasteiger charge is 2.34. The molecule has 176 valence electrons. The molecule has 1 amide bonds. The third-order valence-electron chi connectivity index (χ3n) is 6.39. The van der Waals surface area contributed by atoms with Crippen LogP contribution in [-0.4, -0.2) is 21.6 Å². The SMILES string of the molecule is CC(=O)NCc1ccc2c(c1)CN(c1c(F)c(N)c3c(=O)c(C(=O)O)cn(C4CC4)c3c1F)C2. The Morgan fingerprint density at radius 3 is 2.53 bits per heavy atom. The van der Waals surface area contributed by atoms with Crippen LogP contribution >= 0.6 is 0 Å². The Labute approximate surface area is 192 Å². The third kappa shape index (κ3) is 3.46. The van der Waals surface area contributed by atoms with Crippen LogP contribution in [0, 0.1) is 11.6 Å². The summed E-state index contributed by atoms with van der Waals surface area (Å²) >= 11 is 0. The average molecular weight is 468 g/mol. The van der Waals surface area contributed by atoms with Gasteiger partial charge in [0.05, 0.1) is 16.6 Å². The summed E-state index contributed by atoms with van der Waals surface area (Å²) in [5.41, 5.74) is 5.94. The Balaban J connectivity index is 1.63. The van der Waals surface area contributed by atoms with Gasteiger partial charge >= 0.3 is 5.97 Å². The van der Waals surface area contributed by atoms with Gasteiger partial charge in [-0.3, -0.25) is 9.59 Å². The number of rotatable bonds is 5. The number of nitrogens with two attached hydrogens (primary N) is 1. The summed E-state index contributed by atoms with van der Waals surface area (Å²) in [5, 5.41) is 11.7. The number of fused-ring (bicyclic) bond motifs is 2. The zero-order valence-corrected chi connectivity index (χ0v) is 18.3. The number of benzene rings is 2. The predicted molar refractivity (Wildman–Crippen MR) is 122 cm³/mol. The fourth-order valence-corrected chi connectivity index (χ4v) is 4.57. The van der Waals surface area contributed by atoms with Crippen LogP contribution < -0.4 is 21.4 Å². The van der Waals surface area contributed by atoms with Gasteiger partial charge in [0, 0.05) is 38.8 Å². The van der Waals surface area contributed by atoms with Crippen molar-refractivity contribution in [1.82, 2.24) is 9.88 Å². The van der Waals surface area contributed by atoms with E-state index in [-0.39, 0.29) is 36.2 Å². The summed E-state index contributed by atoms with van der Waals surface area (Å²) < 4.78 is 32.8. The molecule has 10 heteroatoms. The fraction of sp³-hybridized carbons (Fsp3) is 0.292. The summed E-state index contributed by atoms with van der Waals surface area (Å²) in [5.74, 6) is -3.66. The molecule has 1 fully saturated rings. The molecule has 3 aromatic rings. The third-order valence-corrected chi connectivity index (χ3v) is 6.39. The number of aromatic nitrogens is 1. The van der Waals surface area contributed by atoms with Crippen LogP contribution in [0.25, 0.3) is 10.9 Å². The van der Waals surface area contributed by atoms with Crippen molar-refractivity contribution in [3.8, 4) is 0 Å². The number of nitrogen functional groups attached to an aromatic ring is 1. The second kappa shape index (κ2) is 7.82. The highest BCUT2D eigenvalue weighted by atomic mass is 19.1. The Hall–Kier alpha value is -3.95. The zero-order chi connectivity index (χ0) is 24.3. The molecule has 4 N–H and O–H groups in total. The van der Waals surface area contributed by atoms with Gasteiger partial charge < -0.3 is 25.6 Å². The molecule has 8 nitrogen and oxygen atoms in total. The number of amides is 1. The van der Waals surface area contributed by atoms with E-state index in [1.807, 2.05) is 18.2 Å². The van der Waals surface area contributed by atoms with Crippen LogP contribution in [0.1, 0.15) is 52.9 Å². The molecule has 0 atom stereocenters. The maximum absolute atomic E-state index is 15.9. The Morgan fingerprint density at radius 1 is 1.18 bits per heavy atom. The van der Waals surface area contributed by atoms with E-state index < -0.39 is 39.7 Å². The summed E-state index contributed by atoms with van der Waals surface area (Å²) in [6.07, 6.45) is 2.51. The molecular weight excluding hydrogens is 446 g/mol. The fourth-order valence-electron chi connectivity index (χ4n) is 4.57. The van der Waals surface area contributed by atoms with Gasteiger partial charge in [0.15, 0.2) is 11.6 Å². The number of carboxylic acids is 1. The quantitative estimate of drug-likeness (QED) is 0.496. The van der Waals surface area contributed by atoms with Crippen LogP contribution in [0.15, 0.2) is 29.2 Å². The van der Waals surface area contributed by atoms with E-state index in [2.05, 4.69) is 5.32 Å². The van der Waals surface area contributed by atoms with Crippen molar-refractivity contribution in [2.24, 2.45) is 0 Å². The molecule has 0 unspecified atom stereocenters. The number of pyridine rings is 1. The average Bonchev–Trinajstić information content (AvgIpc) is 3.54. The first kappa shape index (κ1) is 21.9. The van der Waals surface area contributed by atoms with Gasteiger partial charge in [-0.1, -0.05) is 18.2 Å². The number of hydrogen-bond acceptors (Lipinski definition) is 5. The molecule has 2 heterocycles. The molecule has 1 saturated carbocycles. The number of nitrogens with zero attached hydrogens (tertiary/aromatic N) is 2. The molecule has 2 aromatic carbocycles. The highest BCUT2D eigenvalue weighted by Crippen LogP contribution is 2.43. The van der Waals surface area contributed by atoms with Crippen LogP contribution in [0.2, 0.25) is 0 Å². The van der Waals surface area contributed by atoms with E-state index in [9.17, 15) is 19.5 Å². The van der Waals surface area contributed by atoms with Crippen LogP contribution in [0.4, 0.5) is 20.2 Å². The van der Waals surface area contributed by atoms with Crippen molar-refractivity contribution < 1.29 is 23.5 Å². The number of nitrogens with one attached hydrogen (secondary N) is 1. The van der Waals surface area contributed by atoms with Gasteiger partial charge in [0.25, 0.3) is 0 Å². The van der Waals surface area contributed by atoms with Gasteiger partial charge in [0.2, 0.25) is 11.3 Å². The van der Waals surface area contributed by atoms with Crippen LogP contribution in [0.3, 0.4) is 0 Å². The molecule has 1 aliphatic heterocycles. The van der Waals surface area contributed by atoms with Crippen molar-refractivity contribution in [3.63, 3.8) is 0 Å². The maximum atomic E-state index is 15.9. The normalized spacial score (nSPS) is 15.0. The number of anilines is 2. The molecule has 0 bridgehead atoms. The Kier molecular flexibility index (Phi) is 5.03. The summed E-state index contributed by atoms with van der Waals surface area (Å²) in [6.45, 7) is 2.21. The molecule has 0 radical (unpaired) electrons. The minimum absolute atomic E-state index is 0.161. The first-order valence-corrected chi connectivity index (χ1v) is 10.9. The Bertz CT molecular complexity index is 1450. The lowest BCUT2D eigenvalue weighted by Gasteiger charge is -2.23. The second-order valence-corrected chi connectivity index (χ2v) is 8.80. The molecule has 34 heavy (non-hydrogen) atoms. The minimum Gasteiger partial charge on any atom is -0.477 e. The van der Waals surface area contributed by atoms with Gasteiger partial charge in [0.1, 0.15) is 11.3 Å². The summed E-state index contributed by atoms with van der Waals surface area (Å²) in [6, 6.07) is 5.40. The first-order valence-electron chi connectivity index (χ1n) is 10.9. The Morgan fingerprint density at radius 2 is 1.88 bits per heavy atom. The molecule has 0 spiro atoms. The molecule has 1 aromatic heterocycles. The van der Waals surface area contributed by atoms with Crippen molar-refractivity contribution in [1.29, 1.82) is 0 Å². The first-order chi connectivity index (χ1) is 16.2. The van der Waals surface area contributed by atoms with Crippen LogP contribution in [-0.2, 0) is 24.4 Å². The zero-order valence-electron chi connectivity index (χ0n) is 18.3. The molecule has 2 aliphatic rings. The van der Waals surface area contributed by atoms with Gasteiger partial charge in [-0.05, 0) is 29.5 Å². The van der Waals surface area contributed by atoms with Crippen molar-refractivity contribution in [2.75, 3.05) is 10.6 Å². The largest absolute Gasteiger partial charge is 0.477 e. The number of carbonyl (C=O) groups excluding carboxylic acids is 1. The lowest BCUT2D eigenvalue weighted by atomic mass is 10.1. The van der Waals surface area contributed by atoms with Gasteiger partial charge in [-0.15, -0.1) is 0 Å². The highest BCUT2D eigenvalue weighted by molar-refractivity contribution is 5.99. The van der Waals surface area contributed by atoms with E-state index in [0.29, 0.717) is 19.4 Å². The topological polar surface area (TPSA) is 118 Å². The van der Waals surface area contributed by atoms with E-state index in [4.69, 9.17) is 5.73 Å².